The van der Waals surface area contributed by atoms with Crippen LogP contribution in [0.15, 0.2) is 48.2 Å². The van der Waals surface area contributed by atoms with Crippen LogP contribution < -0.4 is 0 Å². The highest BCUT2D eigenvalue weighted by atomic mass is 28.3. The van der Waals surface area contributed by atoms with Crippen molar-refractivity contribution in [2.75, 3.05) is 0 Å². The van der Waals surface area contributed by atoms with Crippen LogP contribution in [-0.4, -0.2) is 8.07 Å². The third kappa shape index (κ3) is 4.80. The molecule has 1 heteroatoms. The first-order chi connectivity index (χ1) is 6.99. The van der Waals surface area contributed by atoms with Crippen LogP contribution in [-0.2, 0) is 0 Å². The Bertz CT molecular complexity index is 353. The molecule has 0 aromatic heterocycles. The second-order valence-electron chi connectivity index (χ2n) is 4.94. The van der Waals surface area contributed by atoms with E-state index in [2.05, 4.69) is 74.7 Å². The molecule has 1 rings (SSSR count). The van der Waals surface area contributed by atoms with Crippen molar-refractivity contribution in [2.24, 2.45) is 0 Å². The molecule has 0 amide bonds. The Morgan fingerprint density at radius 3 is 2.20 bits per heavy atom. The maximum absolute atomic E-state index is 2.36. The third-order valence-electron chi connectivity index (χ3n) is 2.17. The van der Waals surface area contributed by atoms with E-state index in [0.29, 0.717) is 0 Å². The van der Waals surface area contributed by atoms with Gasteiger partial charge in [0.2, 0.25) is 0 Å². The van der Waals surface area contributed by atoms with Gasteiger partial charge in [0.1, 0.15) is 0 Å². The van der Waals surface area contributed by atoms with Gasteiger partial charge in [-0.1, -0.05) is 67.8 Å². The molecule has 0 saturated carbocycles. The number of allylic oxidation sites excluding steroid dienone is 3. The Labute approximate surface area is 94.4 Å². The average Bonchev–Trinajstić information content (AvgIpc) is 2.17. The minimum atomic E-state index is -1.05. The van der Waals surface area contributed by atoms with Gasteiger partial charge in [0.15, 0.2) is 0 Å². The summed E-state index contributed by atoms with van der Waals surface area (Å²) >= 11 is 0. The topological polar surface area (TPSA) is 0 Å². The lowest BCUT2D eigenvalue weighted by molar-refractivity contribution is 1.57. The molecule has 0 heterocycles. The van der Waals surface area contributed by atoms with Gasteiger partial charge in [0.25, 0.3) is 0 Å². The largest absolute Gasteiger partial charge is 0.0950 e. The first kappa shape index (κ1) is 12.0. The van der Waals surface area contributed by atoms with E-state index in [0.717, 1.165) is 0 Å². The highest BCUT2D eigenvalue weighted by Crippen LogP contribution is 2.13. The van der Waals surface area contributed by atoms with Crippen molar-refractivity contribution < 1.29 is 0 Å². The molecule has 0 fully saturated rings. The second kappa shape index (κ2) is 5.13. The van der Waals surface area contributed by atoms with Crippen LogP contribution in [0.4, 0.5) is 0 Å². The molecule has 0 nitrogen and oxygen atoms in total. The zero-order chi connectivity index (χ0) is 11.3. The Balaban J connectivity index is 2.74. The highest BCUT2D eigenvalue weighted by Gasteiger charge is 2.05. The van der Waals surface area contributed by atoms with Gasteiger partial charge in [-0.2, -0.15) is 0 Å². The fourth-order valence-electron chi connectivity index (χ4n) is 1.28. The molecule has 0 atom stereocenters. The maximum atomic E-state index is 2.36. The zero-order valence-corrected chi connectivity index (χ0v) is 11.1. The minimum absolute atomic E-state index is 1.05. The number of hydrogen-bond donors (Lipinski definition) is 0. The molecule has 1 aromatic rings. The number of hydrogen-bond acceptors (Lipinski definition) is 0. The predicted molar refractivity (Wildman–Crippen MR) is 72.6 cm³/mol. The monoisotopic (exact) mass is 216 g/mol. The van der Waals surface area contributed by atoms with Crippen molar-refractivity contribution >= 4 is 13.6 Å². The van der Waals surface area contributed by atoms with E-state index in [4.69, 9.17) is 0 Å². The van der Waals surface area contributed by atoms with Gasteiger partial charge in [-0.3, -0.25) is 0 Å². The Hall–Kier alpha value is -1.08. The van der Waals surface area contributed by atoms with Crippen LogP contribution in [0, 0.1) is 0 Å². The van der Waals surface area contributed by atoms with E-state index in [-0.39, 0.29) is 0 Å². The molecule has 0 bridgehead atoms. The van der Waals surface area contributed by atoms with Gasteiger partial charge in [0.05, 0.1) is 8.07 Å². The Morgan fingerprint density at radius 1 is 1.07 bits per heavy atom. The Morgan fingerprint density at radius 2 is 1.67 bits per heavy atom. The van der Waals surface area contributed by atoms with Gasteiger partial charge in [-0.05, 0) is 18.1 Å². The van der Waals surface area contributed by atoms with Crippen LogP contribution in [0.3, 0.4) is 0 Å². The smallest absolute Gasteiger partial charge is 0.0687 e. The first-order valence-corrected chi connectivity index (χ1v) is 8.98. The van der Waals surface area contributed by atoms with Crippen molar-refractivity contribution in [1.82, 2.24) is 0 Å². The van der Waals surface area contributed by atoms with Crippen LogP contribution >= 0.6 is 0 Å². The lowest BCUT2D eigenvalue weighted by Crippen LogP contribution is -2.14. The van der Waals surface area contributed by atoms with Crippen molar-refractivity contribution in [1.29, 1.82) is 0 Å². The van der Waals surface area contributed by atoms with Crippen LogP contribution in [0.25, 0.3) is 5.57 Å². The zero-order valence-electron chi connectivity index (χ0n) is 10.1. The summed E-state index contributed by atoms with van der Waals surface area (Å²) in [5.74, 6) is 0. The molecule has 15 heavy (non-hydrogen) atoms. The average molecular weight is 216 g/mol. The second-order valence-corrected chi connectivity index (χ2v) is 10.0. The first-order valence-electron chi connectivity index (χ1n) is 5.40. The van der Waals surface area contributed by atoms with Crippen LogP contribution in [0.1, 0.15) is 12.5 Å². The summed E-state index contributed by atoms with van der Waals surface area (Å²) in [4.78, 5) is 0. The number of rotatable bonds is 3. The molecule has 80 valence electrons. The quantitative estimate of drug-likeness (QED) is 0.514. The molecule has 0 aliphatic carbocycles. The molecular weight excluding hydrogens is 196 g/mol. The number of benzene rings is 1. The van der Waals surface area contributed by atoms with E-state index in [1.54, 1.807) is 0 Å². The van der Waals surface area contributed by atoms with Crippen molar-refractivity contribution in [3.05, 3.63) is 53.7 Å². The maximum Gasteiger partial charge on any atom is 0.0687 e. The summed E-state index contributed by atoms with van der Waals surface area (Å²) in [5.41, 5.74) is 4.99. The molecule has 0 unspecified atom stereocenters. The van der Waals surface area contributed by atoms with Gasteiger partial charge < -0.3 is 0 Å². The fourth-order valence-corrected chi connectivity index (χ4v) is 1.95. The van der Waals surface area contributed by atoms with Crippen molar-refractivity contribution in [3.63, 3.8) is 0 Å². The minimum Gasteiger partial charge on any atom is -0.0950 e. The molecule has 0 radical (unpaired) electrons. The molecule has 0 spiro atoms. The summed E-state index contributed by atoms with van der Waals surface area (Å²) in [6.45, 7) is 9.18. The van der Waals surface area contributed by atoms with Crippen LogP contribution in [0.5, 0.6) is 0 Å². The molecular formula is C14H20Si. The summed E-state index contributed by atoms with van der Waals surface area (Å²) in [5, 5.41) is 0. The molecule has 0 aliphatic rings. The van der Waals surface area contributed by atoms with E-state index in [1.165, 1.54) is 11.1 Å². The van der Waals surface area contributed by atoms with E-state index >= 15 is 0 Å². The van der Waals surface area contributed by atoms with E-state index < -0.39 is 8.07 Å². The van der Waals surface area contributed by atoms with Gasteiger partial charge in [-0.25, -0.2) is 0 Å². The summed E-state index contributed by atoms with van der Waals surface area (Å²) in [7, 11) is -1.05. The molecule has 0 saturated heterocycles. The highest BCUT2D eigenvalue weighted by molar-refractivity contribution is 6.81. The van der Waals surface area contributed by atoms with E-state index in [9.17, 15) is 0 Å². The van der Waals surface area contributed by atoms with E-state index in [1.807, 2.05) is 0 Å². The predicted octanol–water partition coefficient (Wildman–Crippen LogP) is 4.52. The van der Waals surface area contributed by atoms with Gasteiger partial charge in [-0.15, -0.1) is 0 Å². The summed E-state index contributed by atoms with van der Waals surface area (Å²) < 4.78 is 0. The normalized spacial score (nSPS) is 13.5. The molecule has 0 aliphatic heterocycles. The lowest BCUT2D eigenvalue weighted by Gasteiger charge is -2.07. The lowest BCUT2D eigenvalue weighted by atomic mass is 10.1. The van der Waals surface area contributed by atoms with Crippen LogP contribution in [0.2, 0.25) is 19.6 Å². The SMILES string of the molecule is C/C(=C/C=C/[Si](C)(C)C)c1ccccc1. The Kier molecular flexibility index (Phi) is 4.10. The van der Waals surface area contributed by atoms with Gasteiger partial charge >= 0.3 is 0 Å². The molecule has 1 aromatic carbocycles. The fraction of sp³-hybridized carbons (Fsp3) is 0.286. The third-order valence-corrected chi connectivity index (χ3v) is 3.36. The van der Waals surface area contributed by atoms with Gasteiger partial charge in [0, 0.05) is 0 Å². The van der Waals surface area contributed by atoms with Crippen molar-refractivity contribution in [2.45, 2.75) is 26.6 Å². The summed E-state index contributed by atoms with van der Waals surface area (Å²) in [6.07, 6.45) is 4.40. The standard InChI is InChI=1S/C14H20Si/c1-13(9-8-12-15(2,3)4)14-10-6-5-7-11-14/h5-12H,1-4H3/b12-8+,13-9-. The summed E-state index contributed by atoms with van der Waals surface area (Å²) in [6, 6.07) is 10.5. The van der Waals surface area contributed by atoms with Crippen molar-refractivity contribution in [3.8, 4) is 0 Å². The molecule has 0 N–H and O–H groups in total.